The van der Waals surface area contributed by atoms with E-state index >= 15 is 0 Å². The fourth-order valence-corrected chi connectivity index (χ4v) is 5.61. The molecule has 0 bridgehead atoms. The molecule has 26 heavy (non-hydrogen) atoms. The number of nitrogens with zero attached hydrogens (tertiary/aromatic N) is 1. The first-order valence-electron chi connectivity index (χ1n) is 8.35. The maximum absolute atomic E-state index is 12.7. The number of carbonyl (C=O) groups is 3. The molecule has 2 fully saturated rings. The molecule has 1 atom stereocenters. The molecule has 0 aromatic heterocycles. The molecule has 1 aromatic rings. The van der Waals surface area contributed by atoms with Crippen molar-refractivity contribution in [3.63, 3.8) is 0 Å². The summed E-state index contributed by atoms with van der Waals surface area (Å²) in [6.07, 6.45) is 0.119. The van der Waals surface area contributed by atoms with Crippen LogP contribution in [0.5, 0.6) is 0 Å². The van der Waals surface area contributed by atoms with Gasteiger partial charge in [0.15, 0.2) is 9.84 Å². The molecule has 2 heterocycles. The molecule has 3 rings (SSSR count). The van der Waals surface area contributed by atoms with Gasteiger partial charge in [-0.25, -0.2) is 8.42 Å². The molecule has 2 aliphatic rings. The zero-order valence-electron chi connectivity index (χ0n) is 14.0. The summed E-state index contributed by atoms with van der Waals surface area (Å²) < 4.78 is 25.4. The summed E-state index contributed by atoms with van der Waals surface area (Å²) >= 11 is 6.16. The third kappa shape index (κ3) is 3.91. The maximum atomic E-state index is 12.7. The summed E-state index contributed by atoms with van der Waals surface area (Å²) in [5, 5.41) is 1.78. The number of hydrogen-bond acceptors (Lipinski definition) is 5. The monoisotopic (exact) mass is 398 g/mol. The van der Waals surface area contributed by atoms with Gasteiger partial charge in [0.05, 0.1) is 16.9 Å². The van der Waals surface area contributed by atoms with Gasteiger partial charge in [0, 0.05) is 31.0 Å². The topological polar surface area (TPSA) is 101 Å². The van der Waals surface area contributed by atoms with E-state index in [0.29, 0.717) is 10.6 Å². The van der Waals surface area contributed by atoms with Gasteiger partial charge in [-0.1, -0.05) is 29.8 Å². The summed E-state index contributed by atoms with van der Waals surface area (Å²) in [6.45, 7) is 0.286. The third-order valence-corrected chi connectivity index (χ3v) is 7.25. The lowest BCUT2D eigenvalue weighted by atomic mass is 9.95. The molecular formula is C17H19ClN2O5S. The highest BCUT2D eigenvalue weighted by Gasteiger charge is 2.37. The van der Waals surface area contributed by atoms with Crippen LogP contribution < -0.4 is 5.32 Å². The van der Waals surface area contributed by atoms with E-state index in [-0.39, 0.29) is 44.0 Å². The number of nitrogens with one attached hydrogen (secondary N) is 1. The summed E-state index contributed by atoms with van der Waals surface area (Å²) in [6, 6.07) is 6.80. The Morgan fingerprint density at radius 2 is 1.77 bits per heavy atom. The van der Waals surface area contributed by atoms with E-state index in [1.54, 1.807) is 24.3 Å². The van der Waals surface area contributed by atoms with E-state index in [1.165, 1.54) is 4.90 Å². The van der Waals surface area contributed by atoms with Crippen LogP contribution in [0.3, 0.4) is 0 Å². The summed E-state index contributed by atoms with van der Waals surface area (Å²) in [5.41, 5.74) is 0.538. The molecule has 0 radical (unpaired) electrons. The van der Waals surface area contributed by atoms with Crippen LogP contribution >= 0.6 is 11.6 Å². The molecule has 1 unspecified atom stereocenters. The minimum atomic E-state index is -3.48. The first-order chi connectivity index (χ1) is 12.3. The molecular weight excluding hydrogens is 380 g/mol. The second-order valence-electron chi connectivity index (χ2n) is 6.57. The normalized spacial score (nSPS) is 24.0. The Bertz CT molecular complexity index is 838. The number of hydrogen-bond donors (Lipinski definition) is 1. The Balaban J connectivity index is 1.78. The zero-order chi connectivity index (χ0) is 18.9. The third-order valence-electron chi connectivity index (χ3n) is 4.80. The smallest absolute Gasteiger partial charge is 0.227 e. The number of halogens is 1. The van der Waals surface area contributed by atoms with Gasteiger partial charge in [-0.3, -0.25) is 19.7 Å². The van der Waals surface area contributed by atoms with Crippen molar-refractivity contribution in [2.75, 3.05) is 18.8 Å². The minimum Gasteiger partial charge on any atom is -0.341 e. The molecule has 1 aromatic carbocycles. The highest BCUT2D eigenvalue weighted by Crippen LogP contribution is 2.34. The zero-order valence-corrected chi connectivity index (χ0v) is 15.6. The molecule has 0 aliphatic carbocycles. The Kier molecular flexibility index (Phi) is 5.34. The number of piperidine rings is 1. The van der Waals surface area contributed by atoms with Crippen LogP contribution in [-0.4, -0.2) is 49.9 Å². The van der Waals surface area contributed by atoms with Crippen LogP contribution in [0.1, 0.15) is 30.1 Å². The van der Waals surface area contributed by atoms with Crippen molar-refractivity contribution < 1.29 is 22.8 Å². The number of benzene rings is 1. The van der Waals surface area contributed by atoms with Crippen LogP contribution in [-0.2, 0) is 24.2 Å². The first-order valence-corrected chi connectivity index (χ1v) is 10.4. The molecule has 0 saturated carbocycles. The molecule has 2 saturated heterocycles. The van der Waals surface area contributed by atoms with Gasteiger partial charge in [0.25, 0.3) is 0 Å². The molecule has 1 N–H and O–H groups in total. The van der Waals surface area contributed by atoms with Crippen LogP contribution in [0, 0.1) is 5.92 Å². The molecule has 7 nitrogen and oxygen atoms in total. The molecule has 140 valence electrons. The first kappa shape index (κ1) is 18.8. The quantitative estimate of drug-likeness (QED) is 0.751. The average molecular weight is 399 g/mol. The van der Waals surface area contributed by atoms with Gasteiger partial charge in [-0.05, 0) is 18.1 Å². The van der Waals surface area contributed by atoms with E-state index in [2.05, 4.69) is 5.32 Å². The number of carbonyl (C=O) groups excluding carboxylic acids is 3. The van der Waals surface area contributed by atoms with Crippen LogP contribution in [0.25, 0.3) is 0 Å². The van der Waals surface area contributed by atoms with Crippen molar-refractivity contribution in [2.45, 2.75) is 24.5 Å². The highest BCUT2D eigenvalue weighted by atomic mass is 35.5. The maximum Gasteiger partial charge on any atom is 0.227 e. The van der Waals surface area contributed by atoms with Crippen LogP contribution in [0.2, 0.25) is 5.02 Å². The fraction of sp³-hybridized carbons (Fsp3) is 0.471. The van der Waals surface area contributed by atoms with Crippen LogP contribution in [0.4, 0.5) is 0 Å². The van der Waals surface area contributed by atoms with Gasteiger partial charge >= 0.3 is 0 Å². The van der Waals surface area contributed by atoms with Gasteiger partial charge in [-0.15, -0.1) is 0 Å². The second kappa shape index (κ2) is 7.36. The summed E-state index contributed by atoms with van der Waals surface area (Å²) in [5.74, 6) is -2.20. The predicted molar refractivity (Wildman–Crippen MR) is 95.1 cm³/mol. The van der Waals surface area contributed by atoms with E-state index in [0.717, 1.165) is 0 Å². The summed E-state index contributed by atoms with van der Waals surface area (Å²) in [7, 11) is -3.48. The highest BCUT2D eigenvalue weighted by molar-refractivity contribution is 7.91. The van der Waals surface area contributed by atoms with Gasteiger partial charge < -0.3 is 4.90 Å². The average Bonchev–Trinajstić information content (AvgIpc) is 2.72. The molecule has 9 heteroatoms. The molecule has 2 aliphatic heterocycles. The van der Waals surface area contributed by atoms with Crippen molar-refractivity contribution >= 4 is 39.2 Å². The summed E-state index contributed by atoms with van der Waals surface area (Å²) in [4.78, 5) is 37.1. The van der Waals surface area contributed by atoms with Crippen LogP contribution in [0.15, 0.2) is 24.3 Å². The number of imide groups is 1. The Hall–Kier alpha value is -1.93. The minimum absolute atomic E-state index is 0.0500. The Labute approximate surface area is 156 Å². The Morgan fingerprint density at radius 3 is 2.42 bits per heavy atom. The van der Waals surface area contributed by atoms with E-state index < -0.39 is 32.8 Å². The van der Waals surface area contributed by atoms with Crippen molar-refractivity contribution in [2.24, 2.45) is 5.92 Å². The fourth-order valence-electron chi connectivity index (χ4n) is 3.46. The lowest BCUT2D eigenvalue weighted by molar-refractivity contribution is -0.145. The number of amides is 3. The van der Waals surface area contributed by atoms with Gasteiger partial charge in [0.2, 0.25) is 17.7 Å². The largest absolute Gasteiger partial charge is 0.341 e. The van der Waals surface area contributed by atoms with Crippen molar-refractivity contribution in [1.29, 1.82) is 0 Å². The van der Waals surface area contributed by atoms with Crippen molar-refractivity contribution in [3.8, 4) is 0 Å². The SMILES string of the molecule is O=C1CC(C(=O)N2CCC(c3ccccc3Cl)S(=O)(=O)CC2)CC(=O)N1. The van der Waals surface area contributed by atoms with Crippen molar-refractivity contribution in [1.82, 2.24) is 10.2 Å². The number of sulfone groups is 1. The molecule has 3 amide bonds. The predicted octanol–water partition coefficient (Wildman–Crippen LogP) is 1.08. The Morgan fingerprint density at radius 1 is 1.12 bits per heavy atom. The lowest BCUT2D eigenvalue weighted by Gasteiger charge is -2.27. The van der Waals surface area contributed by atoms with Crippen molar-refractivity contribution in [3.05, 3.63) is 34.9 Å². The van der Waals surface area contributed by atoms with E-state index in [1.807, 2.05) is 0 Å². The van der Waals surface area contributed by atoms with E-state index in [9.17, 15) is 22.8 Å². The van der Waals surface area contributed by atoms with E-state index in [4.69, 9.17) is 11.6 Å². The van der Waals surface area contributed by atoms with Gasteiger partial charge in [0.1, 0.15) is 0 Å². The second-order valence-corrected chi connectivity index (χ2v) is 9.28. The lowest BCUT2D eigenvalue weighted by Crippen LogP contribution is -2.46. The number of rotatable bonds is 2. The molecule has 0 spiro atoms. The van der Waals surface area contributed by atoms with Gasteiger partial charge in [-0.2, -0.15) is 0 Å². The standard InChI is InChI=1S/C17H19ClN2O5S/c18-13-4-2-1-3-12(13)14-5-6-20(7-8-26(14,24)25)17(23)11-9-15(21)19-16(22)10-11/h1-4,11,14H,5-10H2,(H,19,21,22).